The largest absolute Gasteiger partial charge is 0.481 e. The Bertz CT molecular complexity index is 511. The summed E-state index contributed by atoms with van der Waals surface area (Å²) in [5.41, 5.74) is 0.690. The van der Waals surface area contributed by atoms with Crippen molar-refractivity contribution < 1.29 is 14.3 Å². The average molecular weight is 247 g/mol. The fourth-order valence-corrected chi connectivity index (χ4v) is 1.47. The smallest absolute Gasteiger partial charge is 0.303 e. The second-order valence-corrected chi connectivity index (χ2v) is 3.69. The second-order valence-electron chi connectivity index (χ2n) is 3.69. The molecule has 0 aliphatic carbocycles. The van der Waals surface area contributed by atoms with Crippen LogP contribution in [0.5, 0.6) is 0 Å². The molecule has 18 heavy (non-hydrogen) atoms. The van der Waals surface area contributed by atoms with Gasteiger partial charge >= 0.3 is 5.97 Å². The summed E-state index contributed by atoms with van der Waals surface area (Å²) in [5, 5.41) is 11.6. The monoisotopic (exact) mass is 247 g/mol. The summed E-state index contributed by atoms with van der Waals surface area (Å²) in [4.78, 5) is 18.5. The van der Waals surface area contributed by atoms with E-state index in [2.05, 4.69) is 15.3 Å². The quantitative estimate of drug-likeness (QED) is 0.759. The van der Waals surface area contributed by atoms with Crippen LogP contribution in [0.2, 0.25) is 0 Å². The highest BCUT2D eigenvalue weighted by atomic mass is 16.4. The second kappa shape index (κ2) is 5.81. The Labute approximate surface area is 104 Å². The van der Waals surface area contributed by atoms with E-state index in [1.807, 2.05) is 6.07 Å². The number of carboxylic acid groups (broad SMARTS) is 1. The Morgan fingerprint density at radius 1 is 1.44 bits per heavy atom. The summed E-state index contributed by atoms with van der Waals surface area (Å²) >= 11 is 0. The van der Waals surface area contributed by atoms with E-state index in [4.69, 9.17) is 9.52 Å². The van der Waals surface area contributed by atoms with E-state index in [1.165, 1.54) is 6.33 Å². The molecule has 0 unspecified atom stereocenters. The first kappa shape index (κ1) is 12.1. The first-order valence-corrected chi connectivity index (χ1v) is 5.57. The van der Waals surface area contributed by atoms with E-state index in [-0.39, 0.29) is 6.42 Å². The fraction of sp³-hybridized carbons (Fsp3) is 0.250. The van der Waals surface area contributed by atoms with Crippen LogP contribution < -0.4 is 5.32 Å². The van der Waals surface area contributed by atoms with Crippen molar-refractivity contribution in [1.29, 1.82) is 0 Å². The fourth-order valence-electron chi connectivity index (χ4n) is 1.47. The Morgan fingerprint density at radius 3 is 3.06 bits per heavy atom. The molecule has 0 amide bonds. The van der Waals surface area contributed by atoms with Gasteiger partial charge in [0.2, 0.25) is 0 Å². The number of furan rings is 1. The van der Waals surface area contributed by atoms with Gasteiger partial charge in [0, 0.05) is 19.0 Å². The molecule has 0 aliphatic rings. The van der Waals surface area contributed by atoms with Gasteiger partial charge in [-0.25, -0.2) is 9.97 Å². The topological polar surface area (TPSA) is 88.2 Å². The van der Waals surface area contributed by atoms with E-state index >= 15 is 0 Å². The first-order valence-electron chi connectivity index (χ1n) is 5.57. The van der Waals surface area contributed by atoms with E-state index in [0.29, 0.717) is 30.2 Å². The van der Waals surface area contributed by atoms with Gasteiger partial charge in [0.25, 0.3) is 0 Å². The third kappa shape index (κ3) is 3.31. The molecule has 0 bridgehead atoms. The molecule has 0 aliphatic heterocycles. The molecule has 0 spiro atoms. The molecule has 2 aromatic rings. The van der Waals surface area contributed by atoms with Crippen LogP contribution in [0.15, 0.2) is 35.2 Å². The highest BCUT2D eigenvalue weighted by Gasteiger charge is 2.04. The van der Waals surface area contributed by atoms with Crippen LogP contribution in [-0.2, 0) is 4.79 Å². The number of nitrogens with zero attached hydrogens (tertiary/aromatic N) is 2. The lowest BCUT2D eigenvalue weighted by molar-refractivity contribution is -0.137. The van der Waals surface area contributed by atoms with Crippen LogP contribution in [0.4, 0.5) is 5.82 Å². The van der Waals surface area contributed by atoms with E-state index in [9.17, 15) is 4.79 Å². The van der Waals surface area contributed by atoms with Gasteiger partial charge in [-0.05, 0) is 18.6 Å². The molecule has 2 heterocycles. The zero-order chi connectivity index (χ0) is 12.8. The van der Waals surface area contributed by atoms with Gasteiger partial charge in [0.15, 0.2) is 5.76 Å². The van der Waals surface area contributed by atoms with Gasteiger partial charge in [-0.15, -0.1) is 0 Å². The molecule has 0 atom stereocenters. The van der Waals surface area contributed by atoms with E-state index in [1.54, 1.807) is 18.4 Å². The number of hydrogen-bond acceptors (Lipinski definition) is 5. The number of rotatable bonds is 6. The van der Waals surface area contributed by atoms with Gasteiger partial charge in [-0.1, -0.05) is 0 Å². The van der Waals surface area contributed by atoms with Crippen LogP contribution in [0.25, 0.3) is 11.5 Å². The highest BCUT2D eigenvalue weighted by Crippen LogP contribution is 2.18. The summed E-state index contributed by atoms with van der Waals surface area (Å²) in [6.07, 6.45) is 3.72. The maximum atomic E-state index is 10.4. The molecule has 0 saturated carbocycles. The number of hydrogen-bond donors (Lipinski definition) is 2. The zero-order valence-corrected chi connectivity index (χ0v) is 9.67. The summed E-state index contributed by atoms with van der Waals surface area (Å²) in [6, 6.07) is 5.37. The predicted molar refractivity (Wildman–Crippen MR) is 65.1 cm³/mol. The van der Waals surface area contributed by atoms with Gasteiger partial charge in [0.1, 0.15) is 17.8 Å². The van der Waals surface area contributed by atoms with Gasteiger partial charge in [-0.2, -0.15) is 0 Å². The summed E-state index contributed by atoms with van der Waals surface area (Å²) in [5.74, 6) is 0.531. The van der Waals surface area contributed by atoms with Crippen molar-refractivity contribution >= 4 is 11.8 Å². The van der Waals surface area contributed by atoms with Crippen molar-refractivity contribution in [2.24, 2.45) is 0 Å². The highest BCUT2D eigenvalue weighted by molar-refractivity contribution is 5.66. The van der Waals surface area contributed by atoms with Crippen molar-refractivity contribution in [3.8, 4) is 11.5 Å². The first-order chi connectivity index (χ1) is 8.75. The molecule has 2 aromatic heterocycles. The average Bonchev–Trinajstić information content (AvgIpc) is 2.89. The number of aliphatic carboxylic acids is 1. The lowest BCUT2D eigenvalue weighted by Crippen LogP contribution is -2.06. The normalized spacial score (nSPS) is 10.2. The minimum absolute atomic E-state index is 0.142. The SMILES string of the molecule is O=C(O)CCCNc1cc(-c2ccco2)ncn1. The van der Waals surface area contributed by atoms with Crippen LogP contribution >= 0.6 is 0 Å². The molecule has 6 heteroatoms. The number of anilines is 1. The molecule has 6 nitrogen and oxygen atoms in total. The molecular weight excluding hydrogens is 234 g/mol. The molecule has 0 fully saturated rings. The Kier molecular flexibility index (Phi) is 3.90. The van der Waals surface area contributed by atoms with Crippen LogP contribution in [0.1, 0.15) is 12.8 Å². The Morgan fingerprint density at radius 2 is 2.33 bits per heavy atom. The van der Waals surface area contributed by atoms with E-state index in [0.717, 1.165) is 0 Å². The maximum Gasteiger partial charge on any atom is 0.303 e. The zero-order valence-electron chi connectivity index (χ0n) is 9.67. The standard InChI is InChI=1S/C12H13N3O3/c16-12(17)4-1-5-13-11-7-9(14-8-15-11)10-3-2-6-18-10/h2-3,6-8H,1,4-5H2,(H,16,17)(H,13,14,15). The molecule has 0 saturated heterocycles. The lowest BCUT2D eigenvalue weighted by atomic mass is 10.3. The van der Waals surface area contributed by atoms with Crippen LogP contribution in [-0.4, -0.2) is 27.6 Å². The third-order valence-electron chi connectivity index (χ3n) is 2.31. The molecule has 0 radical (unpaired) electrons. The van der Waals surface area contributed by atoms with Crippen LogP contribution in [0.3, 0.4) is 0 Å². The van der Waals surface area contributed by atoms with Gasteiger partial charge in [0.05, 0.1) is 6.26 Å². The number of carboxylic acids is 1. The van der Waals surface area contributed by atoms with Gasteiger partial charge < -0.3 is 14.8 Å². The number of carbonyl (C=O) groups is 1. The number of nitrogens with one attached hydrogen (secondary N) is 1. The molecule has 2 rings (SSSR count). The van der Waals surface area contributed by atoms with Crippen molar-refractivity contribution in [2.75, 3.05) is 11.9 Å². The van der Waals surface area contributed by atoms with Crippen LogP contribution in [0, 0.1) is 0 Å². The molecule has 0 aromatic carbocycles. The minimum Gasteiger partial charge on any atom is -0.481 e. The number of aromatic nitrogens is 2. The summed E-state index contributed by atoms with van der Waals surface area (Å²) < 4.78 is 5.24. The third-order valence-corrected chi connectivity index (χ3v) is 2.31. The maximum absolute atomic E-state index is 10.4. The lowest BCUT2D eigenvalue weighted by Gasteiger charge is -2.04. The molecule has 94 valence electrons. The minimum atomic E-state index is -0.796. The molecule has 2 N–H and O–H groups in total. The van der Waals surface area contributed by atoms with E-state index < -0.39 is 5.97 Å². The van der Waals surface area contributed by atoms with Crippen molar-refractivity contribution in [2.45, 2.75) is 12.8 Å². The summed E-state index contributed by atoms with van der Waals surface area (Å²) in [6.45, 7) is 0.556. The summed E-state index contributed by atoms with van der Waals surface area (Å²) in [7, 11) is 0. The van der Waals surface area contributed by atoms with Crippen molar-refractivity contribution in [3.63, 3.8) is 0 Å². The Balaban J connectivity index is 1.94. The molecular formula is C12H13N3O3. The predicted octanol–water partition coefficient (Wildman–Crippen LogP) is 2.01. The van der Waals surface area contributed by atoms with Crippen molar-refractivity contribution in [1.82, 2.24) is 9.97 Å². The Hall–Kier alpha value is -2.37. The van der Waals surface area contributed by atoms with Crippen molar-refractivity contribution in [3.05, 3.63) is 30.8 Å². The van der Waals surface area contributed by atoms with Gasteiger partial charge in [-0.3, -0.25) is 4.79 Å².